The van der Waals surface area contributed by atoms with Crippen LogP contribution in [0, 0.1) is 5.82 Å². The fraction of sp³-hybridized carbons (Fsp3) is 0.188. The Hall–Kier alpha value is -1.88. The molecule has 21 heavy (non-hydrogen) atoms. The van der Waals surface area contributed by atoms with Crippen molar-refractivity contribution < 1.29 is 9.18 Å². The quantitative estimate of drug-likeness (QED) is 0.807. The first-order valence-corrected chi connectivity index (χ1v) is 7.36. The maximum Gasteiger partial charge on any atom is 0.225 e. The van der Waals surface area contributed by atoms with Crippen LogP contribution in [0.4, 0.5) is 15.8 Å². The third-order valence-electron chi connectivity index (χ3n) is 3.22. The molecule has 1 amide bonds. The Kier molecular flexibility index (Phi) is 4.96. The zero-order chi connectivity index (χ0) is 15.4. The van der Waals surface area contributed by atoms with Gasteiger partial charge in [-0.05, 0) is 51.7 Å². The number of nitrogens with one attached hydrogen (secondary N) is 1. The molecule has 0 aromatic heterocycles. The SMILES string of the molecule is CC(CC(=O)Nc1c(F)cccc1Br)c1ccc(N)cc1. The molecule has 0 aliphatic heterocycles. The molecule has 5 heteroatoms. The first-order valence-electron chi connectivity index (χ1n) is 6.56. The minimum atomic E-state index is -0.460. The minimum Gasteiger partial charge on any atom is -0.399 e. The van der Waals surface area contributed by atoms with Crippen LogP contribution in [-0.4, -0.2) is 5.91 Å². The summed E-state index contributed by atoms with van der Waals surface area (Å²) in [6.45, 7) is 1.95. The number of carbonyl (C=O) groups excluding carboxylic acids is 1. The van der Waals surface area contributed by atoms with Crippen molar-refractivity contribution in [3.05, 3.63) is 58.3 Å². The van der Waals surface area contributed by atoms with Crippen molar-refractivity contribution in [2.75, 3.05) is 11.1 Å². The molecule has 0 aliphatic rings. The van der Waals surface area contributed by atoms with Crippen molar-refractivity contribution in [2.24, 2.45) is 0 Å². The van der Waals surface area contributed by atoms with Crippen LogP contribution in [0.3, 0.4) is 0 Å². The second-order valence-electron chi connectivity index (χ2n) is 4.92. The molecule has 2 aromatic carbocycles. The molecule has 0 heterocycles. The highest BCUT2D eigenvalue weighted by atomic mass is 79.9. The largest absolute Gasteiger partial charge is 0.399 e. The van der Waals surface area contributed by atoms with Crippen LogP contribution in [0.25, 0.3) is 0 Å². The van der Waals surface area contributed by atoms with Gasteiger partial charge >= 0.3 is 0 Å². The molecule has 0 saturated heterocycles. The molecule has 2 rings (SSSR count). The van der Waals surface area contributed by atoms with Crippen LogP contribution >= 0.6 is 15.9 Å². The number of nitrogen functional groups attached to an aromatic ring is 1. The van der Waals surface area contributed by atoms with Gasteiger partial charge in [0.1, 0.15) is 5.82 Å². The second kappa shape index (κ2) is 6.72. The summed E-state index contributed by atoms with van der Waals surface area (Å²) in [5.41, 5.74) is 7.52. The number of hydrogen-bond donors (Lipinski definition) is 2. The van der Waals surface area contributed by atoms with E-state index in [9.17, 15) is 9.18 Å². The Morgan fingerprint density at radius 2 is 1.95 bits per heavy atom. The van der Waals surface area contributed by atoms with Crippen molar-refractivity contribution in [1.82, 2.24) is 0 Å². The first-order chi connectivity index (χ1) is 9.97. The van der Waals surface area contributed by atoms with Crippen molar-refractivity contribution >= 4 is 33.2 Å². The zero-order valence-electron chi connectivity index (χ0n) is 11.6. The monoisotopic (exact) mass is 350 g/mol. The highest BCUT2D eigenvalue weighted by molar-refractivity contribution is 9.10. The molecule has 0 spiro atoms. The van der Waals surface area contributed by atoms with Crippen LogP contribution in [0.5, 0.6) is 0 Å². The molecule has 3 N–H and O–H groups in total. The Morgan fingerprint density at radius 1 is 1.29 bits per heavy atom. The molecular formula is C16H16BrFN2O. The average Bonchev–Trinajstić information content (AvgIpc) is 2.43. The van der Waals surface area contributed by atoms with Gasteiger partial charge in [0.25, 0.3) is 0 Å². The van der Waals surface area contributed by atoms with Crippen LogP contribution in [0.1, 0.15) is 24.8 Å². The summed E-state index contributed by atoms with van der Waals surface area (Å²) in [4.78, 5) is 12.0. The Morgan fingerprint density at radius 3 is 2.57 bits per heavy atom. The van der Waals surface area contributed by atoms with E-state index in [1.54, 1.807) is 24.3 Å². The molecule has 0 fully saturated rings. The van der Waals surface area contributed by atoms with Crippen LogP contribution < -0.4 is 11.1 Å². The standard InChI is InChI=1S/C16H16BrFN2O/c1-10(11-5-7-12(19)8-6-11)9-15(21)20-16-13(17)3-2-4-14(16)18/h2-8,10H,9,19H2,1H3,(H,20,21). The second-order valence-corrected chi connectivity index (χ2v) is 5.77. The highest BCUT2D eigenvalue weighted by Crippen LogP contribution is 2.26. The molecule has 3 nitrogen and oxygen atoms in total. The number of benzene rings is 2. The molecule has 2 aromatic rings. The molecule has 110 valence electrons. The summed E-state index contributed by atoms with van der Waals surface area (Å²) < 4.78 is 14.2. The van der Waals surface area contributed by atoms with Crippen LogP contribution in [0.2, 0.25) is 0 Å². The predicted octanol–water partition coefficient (Wildman–Crippen LogP) is 4.30. The van der Waals surface area contributed by atoms with E-state index in [0.717, 1.165) is 5.56 Å². The van der Waals surface area contributed by atoms with Gasteiger partial charge in [0.05, 0.1) is 5.69 Å². The number of rotatable bonds is 4. The first kappa shape index (κ1) is 15.5. The molecule has 0 aliphatic carbocycles. The van der Waals surface area contributed by atoms with Gasteiger partial charge in [-0.25, -0.2) is 4.39 Å². The van der Waals surface area contributed by atoms with Crippen molar-refractivity contribution in [3.63, 3.8) is 0 Å². The smallest absolute Gasteiger partial charge is 0.225 e. The Balaban J connectivity index is 2.03. The summed E-state index contributed by atoms with van der Waals surface area (Å²) >= 11 is 3.23. The van der Waals surface area contributed by atoms with Gasteiger partial charge in [-0.15, -0.1) is 0 Å². The van der Waals surface area contributed by atoms with Crippen molar-refractivity contribution in [3.8, 4) is 0 Å². The minimum absolute atomic E-state index is 0.0242. The number of para-hydroxylation sites is 1. The Labute approximate surface area is 131 Å². The molecule has 0 radical (unpaired) electrons. The molecule has 1 unspecified atom stereocenters. The van der Waals surface area contributed by atoms with Gasteiger partial charge < -0.3 is 11.1 Å². The number of amides is 1. The van der Waals surface area contributed by atoms with E-state index < -0.39 is 5.82 Å². The number of anilines is 2. The lowest BCUT2D eigenvalue weighted by Gasteiger charge is -2.13. The predicted molar refractivity (Wildman–Crippen MR) is 86.6 cm³/mol. The van der Waals surface area contributed by atoms with Gasteiger partial charge in [0.2, 0.25) is 5.91 Å². The Bertz CT molecular complexity index is 623. The van der Waals surface area contributed by atoms with Gasteiger partial charge in [-0.1, -0.05) is 25.1 Å². The molecule has 1 atom stereocenters. The molecule has 0 bridgehead atoms. The van der Waals surface area contributed by atoms with E-state index in [-0.39, 0.29) is 23.9 Å². The summed E-state index contributed by atoms with van der Waals surface area (Å²) in [7, 11) is 0. The fourth-order valence-corrected chi connectivity index (χ4v) is 2.47. The van der Waals surface area contributed by atoms with Gasteiger partial charge in [-0.2, -0.15) is 0 Å². The highest BCUT2D eigenvalue weighted by Gasteiger charge is 2.14. The van der Waals surface area contributed by atoms with Crippen LogP contribution in [0.15, 0.2) is 46.9 Å². The number of nitrogens with two attached hydrogens (primary N) is 1. The maximum atomic E-state index is 13.7. The number of hydrogen-bond acceptors (Lipinski definition) is 2. The zero-order valence-corrected chi connectivity index (χ0v) is 13.2. The summed E-state index contributed by atoms with van der Waals surface area (Å²) in [5.74, 6) is -0.667. The van der Waals surface area contributed by atoms with Gasteiger partial charge in [-0.3, -0.25) is 4.79 Å². The van der Waals surface area contributed by atoms with E-state index >= 15 is 0 Å². The van der Waals surface area contributed by atoms with E-state index in [1.807, 2.05) is 19.1 Å². The lowest BCUT2D eigenvalue weighted by Crippen LogP contribution is -2.15. The maximum absolute atomic E-state index is 13.7. The van der Waals surface area contributed by atoms with Crippen molar-refractivity contribution in [1.29, 1.82) is 0 Å². The third kappa shape index (κ3) is 4.04. The van der Waals surface area contributed by atoms with Gasteiger partial charge in [0, 0.05) is 16.6 Å². The van der Waals surface area contributed by atoms with Crippen LogP contribution in [-0.2, 0) is 4.79 Å². The third-order valence-corrected chi connectivity index (χ3v) is 3.89. The summed E-state index contributed by atoms with van der Waals surface area (Å²) in [6.07, 6.45) is 0.269. The lowest BCUT2D eigenvalue weighted by molar-refractivity contribution is -0.116. The van der Waals surface area contributed by atoms with E-state index in [1.165, 1.54) is 6.07 Å². The number of halogens is 2. The fourth-order valence-electron chi connectivity index (χ4n) is 2.03. The summed E-state index contributed by atoms with van der Waals surface area (Å²) in [6, 6.07) is 12.0. The summed E-state index contributed by atoms with van der Waals surface area (Å²) in [5, 5.41) is 2.61. The topological polar surface area (TPSA) is 55.1 Å². The molecule has 0 saturated carbocycles. The van der Waals surface area contributed by atoms with E-state index in [4.69, 9.17) is 5.73 Å². The van der Waals surface area contributed by atoms with E-state index in [2.05, 4.69) is 21.2 Å². The normalized spacial score (nSPS) is 12.0. The van der Waals surface area contributed by atoms with Crippen molar-refractivity contribution in [2.45, 2.75) is 19.3 Å². The molecular weight excluding hydrogens is 335 g/mol. The lowest BCUT2D eigenvalue weighted by atomic mass is 9.97. The van der Waals surface area contributed by atoms with E-state index in [0.29, 0.717) is 10.2 Å². The average molecular weight is 351 g/mol. The number of carbonyl (C=O) groups is 1. The van der Waals surface area contributed by atoms with Gasteiger partial charge in [0.15, 0.2) is 0 Å².